The van der Waals surface area contributed by atoms with E-state index >= 15 is 0 Å². The number of nitrogens with one attached hydrogen (secondary N) is 1. The highest BCUT2D eigenvalue weighted by Gasteiger charge is 2.11. The van der Waals surface area contributed by atoms with Crippen molar-refractivity contribution in [3.63, 3.8) is 0 Å². The van der Waals surface area contributed by atoms with Crippen molar-refractivity contribution in [2.75, 3.05) is 11.1 Å². The van der Waals surface area contributed by atoms with Crippen LogP contribution in [0.1, 0.15) is 11.1 Å². The van der Waals surface area contributed by atoms with Crippen LogP contribution in [0.2, 0.25) is 0 Å². The van der Waals surface area contributed by atoms with Gasteiger partial charge in [-0.15, -0.1) is 5.10 Å². The van der Waals surface area contributed by atoms with Crippen LogP contribution in [0.3, 0.4) is 0 Å². The molecule has 0 radical (unpaired) electrons. The summed E-state index contributed by atoms with van der Waals surface area (Å²) in [5, 5.41) is 7.48. The van der Waals surface area contributed by atoms with Crippen LogP contribution in [0.5, 0.6) is 0 Å². The van der Waals surface area contributed by atoms with Gasteiger partial charge in [-0.3, -0.25) is 4.79 Å². The predicted octanol–water partition coefficient (Wildman–Crippen LogP) is 5.01. The Labute approximate surface area is 159 Å². The topological polar surface area (TPSA) is 46.9 Å². The van der Waals surface area contributed by atoms with E-state index in [-0.39, 0.29) is 5.91 Å². The molecule has 0 spiro atoms. The number of rotatable bonds is 5. The Bertz CT molecular complexity index is 962. The molecule has 1 aromatic heterocycles. The van der Waals surface area contributed by atoms with Crippen molar-refractivity contribution in [3.05, 3.63) is 63.6 Å². The summed E-state index contributed by atoms with van der Waals surface area (Å²) in [6.07, 6.45) is 0. The summed E-state index contributed by atoms with van der Waals surface area (Å²) in [5.41, 5.74) is 3.96. The molecular weight excluding hydrogens is 370 g/mol. The highest BCUT2D eigenvalue weighted by atomic mass is 32.2. The van der Waals surface area contributed by atoms with Gasteiger partial charge in [-0.1, -0.05) is 59.5 Å². The van der Waals surface area contributed by atoms with Crippen LogP contribution in [-0.2, 0) is 4.79 Å². The molecular formula is C18H17N3OS3. The van der Waals surface area contributed by atoms with Crippen LogP contribution >= 0.6 is 35.3 Å². The number of aromatic nitrogens is 2. The second kappa shape index (κ2) is 7.95. The Kier molecular flexibility index (Phi) is 5.67. The third-order valence-corrected chi connectivity index (χ3v) is 5.98. The van der Waals surface area contributed by atoms with Gasteiger partial charge in [-0.25, -0.2) is 4.68 Å². The van der Waals surface area contributed by atoms with E-state index in [2.05, 4.69) is 10.4 Å². The smallest absolute Gasteiger partial charge is 0.234 e. The predicted molar refractivity (Wildman–Crippen MR) is 108 cm³/mol. The zero-order chi connectivity index (χ0) is 17.8. The number of amides is 1. The lowest BCUT2D eigenvalue weighted by molar-refractivity contribution is -0.113. The van der Waals surface area contributed by atoms with Gasteiger partial charge in [-0.05, 0) is 49.3 Å². The molecule has 0 saturated heterocycles. The van der Waals surface area contributed by atoms with Gasteiger partial charge in [0.1, 0.15) is 0 Å². The van der Waals surface area contributed by atoms with E-state index in [1.807, 2.05) is 62.4 Å². The quantitative estimate of drug-likeness (QED) is 0.494. The van der Waals surface area contributed by atoms with Gasteiger partial charge in [0, 0.05) is 5.69 Å². The average Bonchev–Trinajstić information content (AvgIpc) is 2.96. The van der Waals surface area contributed by atoms with Gasteiger partial charge in [0.05, 0.1) is 11.4 Å². The molecule has 0 unspecified atom stereocenters. The van der Waals surface area contributed by atoms with Crippen LogP contribution in [0.15, 0.2) is 52.9 Å². The maximum absolute atomic E-state index is 12.2. The highest BCUT2D eigenvalue weighted by Crippen LogP contribution is 2.25. The second-order valence-electron chi connectivity index (χ2n) is 5.48. The van der Waals surface area contributed by atoms with Crippen LogP contribution in [0, 0.1) is 17.8 Å². The molecule has 2 aromatic carbocycles. The zero-order valence-electron chi connectivity index (χ0n) is 13.9. The summed E-state index contributed by atoms with van der Waals surface area (Å²) in [4.78, 5) is 12.2. The Balaban J connectivity index is 1.68. The number of aryl methyl sites for hydroxylation is 2. The number of anilines is 1. The molecule has 0 saturated carbocycles. The summed E-state index contributed by atoms with van der Waals surface area (Å²) in [5.74, 6) is 0.243. The first-order chi connectivity index (χ1) is 12.0. The summed E-state index contributed by atoms with van der Waals surface area (Å²) < 4.78 is 3.22. The highest BCUT2D eigenvalue weighted by molar-refractivity contribution is 8.01. The number of benzene rings is 2. The molecule has 7 heteroatoms. The number of hydrogen-bond donors (Lipinski definition) is 1. The van der Waals surface area contributed by atoms with E-state index in [1.165, 1.54) is 23.1 Å². The number of carbonyl (C=O) groups is 1. The summed E-state index contributed by atoms with van der Waals surface area (Å²) >= 11 is 8.24. The fourth-order valence-corrected chi connectivity index (χ4v) is 4.45. The molecule has 25 heavy (non-hydrogen) atoms. The van der Waals surface area contributed by atoms with Crippen LogP contribution in [0.25, 0.3) is 5.69 Å². The maximum atomic E-state index is 12.2. The van der Waals surface area contributed by atoms with Gasteiger partial charge >= 0.3 is 0 Å². The molecule has 1 heterocycles. The number of para-hydroxylation sites is 2. The number of carbonyl (C=O) groups excluding carboxylic acids is 1. The second-order valence-corrected chi connectivity index (χ2v) is 8.33. The minimum absolute atomic E-state index is 0.0529. The normalized spacial score (nSPS) is 10.6. The maximum Gasteiger partial charge on any atom is 0.234 e. The fourth-order valence-electron chi connectivity index (χ4n) is 2.30. The fraction of sp³-hybridized carbons (Fsp3) is 0.167. The van der Waals surface area contributed by atoms with Gasteiger partial charge in [-0.2, -0.15) is 0 Å². The number of thioether (sulfide) groups is 1. The first-order valence-electron chi connectivity index (χ1n) is 7.69. The van der Waals surface area contributed by atoms with Crippen molar-refractivity contribution in [1.29, 1.82) is 0 Å². The standard InChI is InChI=1S/C18H17N3OS3/c1-12-7-3-5-9-14(12)19-16(22)11-24-17-20-21(18(23)25-17)15-10-6-4-8-13(15)2/h3-10H,11H2,1-2H3,(H,19,22). The van der Waals surface area contributed by atoms with Crippen molar-refractivity contribution >= 4 is 46.9 Å². The number of nitrogens with zero attached hydrogens (tertiary/aromatic N) is 2. The van der Waals surface area contributed by atoms with Crippen molar-refractivity contribution in [3.8, 4) is 5.69 Å². The molecule has 3 rings (SSSR count). The van der Waals surface area contributed by atoms with Gasteiger partial charge < -0.3 is 5.32 Å². The largest absolute Gasteiger partial charge is 0.325 e. The van der Waals surface area contributed by atoms with Crippen molar-refractivity contribution in [2.24, 2.45) is 0 Å². The Morgan fingerprint density at radius 2 is 1.84 bits per heavy atom. The van der Waals surface area contributed by atoms with Gasteiger partial charge in [0.25, 0.3) is 0 Å². The van der Waals surface area contributed by atoms with E-state index in [1.54, 1.807) is 4.68 Å². The third kappa shape index (κ3) is 4.36. The SMILES string of the molecule is Cc1ccccc1NC(=O)CSc1nn(-c2ccccc2C)c(=S)s1. The molecule has 4 nitrogen and oxygen atoms in total. The molecule has 0 aliphatic heterocycles. The summed E-state index contributed by atoms with van der Waals surface area (Å²) in [7, 11) is 0. The molecule has 3 aromatic rings. The summed E-state index contributed by atoms with van der Waals surface area (Å²) in [6.45, 7) is 4.00. The zero-order valence-corrected chi connectivity index (χ0v) is 16.3. The van der Waals surface area contributed by atoms with Crippen LogP contribution in [-0.4, -0.2) is 21.4 Å². The lowest BCUT2D eigenvalue weighted by atomic mass is 10.2. The lowest BCUT2D eigenvalue weighted by Crippen LogP contribution is -2.14. The van der Waals surface area contributed by atoms with Crippen molar-refractivity contribution in [2.45, 2.75) is 18.2 Å². The molecule has 0 atom stereocenters. The molecule has 0 bridgehead atoms. The monoisotopic (exact) mass is 387 g/mol. The van der Waals surface area contributed by atoms with E-state index in [4.69, 9.17) is 12.2 Å². The van der Waals surface area contributed by atoms with E-state index in [0.29, 0.717) is 9.71 Å². The summed E-state index contributed by atoms with van der Waals surface area (Å²) in [6, 6.07) is 15.7. The molecule has 128 valence electrons. The lowest BCUT2D eigenvalue weighted by Gasteiger charge is -2.07. The van der Waals surface area contributed by atoms with E-state index in [0.717, 1.165) is 26.8 Å². The molecule has 1 N–H and O–H groups in total. The Morgan fingerprint density at radius 3 is 2.56 bits per heavy atom. The van der Waals surface area contributed by atoms with Crippen LogP contribution < -0.4 is 5.32 Å². The average molecular weight is 388 g/mol. The molecule has 0 aliphatic carbocycles. The van der Waals surface area contributed by atoms with Crippen LogP contribution in [0.4, 0.5) is 5.69 Å². The van der Waals surface area contributed by atoms with Crippen molar-refractivity contribution in [1.82, 2.24) is 9.78 Å². The molecule has 1 amide bonds. The van der Waals surface area contributed by atoms with E-state index in [9.17, 15) is 4.79 Å². The minimum Gasteiger partial charge on any atom is -0.325 e. The first-order valence-corrected chi connectivity index (χ1v) is 9.90. The molecule has 0 aliphatic rings. The first kappa shape index (κ1) is 17.8. The third-order valence-electron chi connectivity index (χ3n) is 3.62. The Morgan fingerprint density at radius 1 is 1.16 bits per heavy atom. The van der Waals surface area contributed by atoms with E-state index < -0.39 is 0 Å². The Hall–Kier alpha value is -1.96. The molecule has 0 fully saturated rings. The van der Waals surface area contributed by atoms with Gasteiger partial charge in [0.2, 0.25) is 5.91 Å². The van der Waals surface area contributed by atoms with Crippen molar-refractivity contribution < 1.29 is 4.79 Å². The minimum atomic E-state index is -0.0529. The van der Waals surface area contributed by atoms with Gasteiger partial charge in [0.15, 0.2) is 8.29 Å². The number of hydrogen-bond acceptors (Lipinski definition) is 5.